The summed E-state index contributed by atoms with van der Waals surface area (Å²) in [6.45, 7) is 11.6. The van der Waals surface area contributed by atoms with Gasteiger partial charge in [0.25, 0.3) is 0 Å². The average Bonchev–Trinajstić information content (AvgIpc) is 3.21. The molecule has 1 nitrogen and oxygen atoms in total. The van der Waals surface area contributed by atoms with Crippen molar-refractivity contribution >= 4 is 19.9 Å². The van der Waals surface area contributed by atoms with E-state index in [1.54, 1.807) is 0 Å². The molecule has 3 rings (SSSR count). The number of hydrogen-bond acceptors (Lipinski definition) is 0. The topological polar surface area (TPSA) is 23.8 Å². The molecule has 231 valence electrons. The molecular formula is C39H62NSiTi. The molecule has 1 aliphatic rings. The molecule has 2 aromatic carbocycles. The van der Waals surface area contributed by atoms with Gasteiger partial charge in [-0.2, -0.15) is 17.7 Å². The van der Waals surface area contributed by atoms with Crippen LogP contribution >= 0.6 is 0 Å². The summed E-state index contributed by atoms with van der Waals surface area (Å²) in [5, 5.41) is 2.90. The van der Waals surface area contributed by atoms with Gasteiger partial charge in [-0.05, 0) is 0 Å². The van der Waals surface area contributed by atoms with Crippen molar-refractivity contribution in [3.8, 4) is 0 Å². The summed E-state index contributed by atoms with van der Waals surface area (Å²) in [5.74, 6) is 0.560. The van der Waals surface area contributed by atoms with Gasteiger partial charge < -0.3 is 5.73 Å². The van der Waals surface area contributed by atoms with Crippen LogP contribution in [0.5, 0.6) is 0 Å². The van der Waals surface area contributed by atoms with Gasteiger partial charge in [-0.1, -0.05) is 207 Å². The molecule has 0 fully saturated rings. The molecular weight excluding hydrogens is 558 g/mol. The molecule has 0 amide bonds. The van der Waals surface area contributed by atoms with E-state index in [1.807, 2.05) is 0 Å². The fraction of sp³-hybridized carbons (Fsp3) is 0.590. The summed E-state index contributed by atoms with van der Waals surface area (Å²) in [5.41, 5.74) is 11.3. The first-order chi connectivity index (χ1) is 20.0. The van der Waals surface area contributed by atoms with E-state index in [0.717, 1.165) is 6.42 Å². The standard InChI is InChI=1S/C18H38N.C12H11Si.C9H13.Ti/c1-2-3-4-5-6-7-8-9-10-11-12-13-14-15-16-17-18-19;1-3-7-11(8-4-1)13-12-9-5-2-6-10-12;1-6-5-7(2)9(4)8(6)3;/h19H,2-18H2,1H3;1-10,13H;6H,1-4H3;/q-1;;-1;+2. The first-order valence-corrected chi connectivity index (χ1v) is 18.0. The second kappa shape index (κ2) is 28.6. The van der Waals surface area contributed by atoms with Crippen LogP contribution in [0.4, 0.5) is 0 Å². The second-order valence-corrected chi connectivity index (χ2v) is 13.4. The smallest absolute Gasteiger partial charge is 0.677 e. The Hall–Kier alpha value is -1.19. The molecule has 1 aliphatic carbocycles. The van der Waals surface area contributed by atoms with Gasteiger partial charge in [-0.25, -0.2) is 5.57 Å². The molecule has 42 heavy (non-hydrogen) atoms. The van der Waals surface area contributed by atoms with E-state index in [9.17, 15) is 0 Å². The first kappa shape index (κ1) is 40.8. The zero-order valence-corrected chi connectivity index (χ0v) is 30.7. The fourth-order valence-electron chi connectivity index (χ4n) is 5.13. The van der Waals surface area contributed by atoms with Crippen LogP contribution in [0.15, 0.2) is 77.4 Å². The van der Waals surface area contributed by atoms with E-state index in [2.05, 4.69) is 101 Å². The Balaban J connectivity index is 0.000000631. The maximum absolute atomic E-state index is 7.08. The summed E-state index contributed by atoms with van der Waals surface area (Å²) in [7, 11) is 0.271. The van der Waals surface area contributed by atoms with Crippen molar-refractivity contribution in [1.82, 2.24) is 0 Å². The molecule has 0 saturated carbocycles. The molecule has 0 bridgehead atoms. The Labute approximate surface area is 279 Å². The van der Waals surface area contributed by atoms with Crippen molar-refractivity contribution in [1.29, 1.82) is 0 Å². The Bertz CT molecular complexity index is 868. The zero-order chi connectivity index (χ0) is 30.0. The third-order valence-corrected chi connectivity index (χ3v) is 9.64. The molecule has 0 heterocycles. The van der Waals surface area contributed by atoms with Crippen molar-refractivity contribution in [3.63, 3.8) is 0 Å². The predicted molar refractivity (Wildman–Crippen MR) is 188 cm³/mol. The van der Waals surface area contributed by atoms with Gasteiger partial charge in [0.15, 0.2) is 0 Å². The van der Waals surface area contributed by atoms with Crippen LogP contribution < -0.4 is 10.4 Å². The minimum atomic E-state index is 0. The molecule has 1 unspecified atom stereocenters. The molecule has 0 aromatic heterocycles. The minimum absolute atomic E-state index is 0. The van der Waals surface area contributed by atoms with Crippen LogP contribution in [-0.4, -0.2) is 16.1 Å². The molecule has 0 aliphatic heterocycles. The molecule has 3 heteroatoms. The van der Waals surface area contributed by atoms with Crippen LogP contribution in [0.2, 0.25) is 0 Å². The number of hydrogen-bond donors (Lipinski definition) is 0. The summed E-state index contributed by atoms with van der Waals surface area (Å²) < 4.78 is 0. The van der Waals surface area contributed by atoms with Crippen LogP contribution in [0.25, 0.3) is 5.73 Å². The predicted octanol–water partition coefficient (Wildman–Crippen LogP) is 11.1. The van der Waals surface area contributed by atoms with E-state index in [-0.39, 0.29) is 31.2 Å². The second-order valence-electron chi connectivity index (χ2n) is 11.8. The first-order valence-electron chi connectivity index (χ1n) is 16.9. The minimum Gasteiger partial charge on any atom is -0.677 e. The Kier molecular flexibility index (Phi) is 27.8. The van der Waals surface area contributed by atoms with E-state index >= 15 is 0 Å². The van der Waals surface area contributed by atoms with E-state index in [1.165, 1.54) is 123 Å². The SMILES string of the molecule is CC1=[C-]C(C)C(C)=C1C.CCCCCCCCCCCCCCCCCC[NH-].[Ti+2].c1ccc([SiH]c2ccccc2)cc1. The van der Waals surface area contributed by atoms with Crippen molar-refractivity contribution in [2.45, 2.75) is 137 Å². The normalized spacial score (nSPS) is 13.9. The Morgan fingerprint density at radius 2 is 0.952 bits per heavy atom. The maximum Gasteiger partial charge on any atom is 2.00 e. The van der Waals surface area contributed by atoms with Crippen molar-refractivity contribution in [3.05, 3.63) is 89.2 Å². The van der Waals surface area contributed by atoms with Crippen LogP contribution in [0, 0.1) is 12.0 Å². The van der Waals surface area contributed by atoms with Gasteiger partial charge in [-0.3, -0.25) is 6.08 Å². The number of nitrogens with one attached hydrogen (secondary N) is 1. The van der Waals surface area contributed by atoms with Gasteiger partial charge in [0.05, 0.1) is 0 Å². The molecule has 1 atom stereocenters. The monoisotopic (exact) mass is 620 g/mol. The van der Waals surface area contributed by atoms with Gasteiger partial charge in [-0.15, -0.1) is 6.92 Å². The molecule has 2 aromatic rings. The van der Waals surface area contributed by atoms with Crippen LogP contribution in [0.1, 0.15) is 137 Å². The number of unbranched alkanes of at least 4 members (excludes halogenated alkanes) is 15. The van der Waals surface area contributed by atoms with Crippen molar-refractivity contribution < 1.29 is 21.7 Å². The van der Waals surface area contributed by atoms with Gasteiger partial charge >= 0.3 is 21.7 Å². The zero-order valence-electron chi connectivity index (χ0n) is 27.9. The van der Waals surface area contributed by atoms with Crippen LogP contribution in [0.3, 0.4) is 0 Å². The summed E-state index contributed by atoms with van der Waals surface area (Å²) >= 11 is 0. The molecule has 0 saturated heterocycles. The summed E-state index contributed by atoms with van der Waals surface area (Å²) in [6, 6.07) is 21.3. The number of rotatable bonds is 18. The quantitative estimate of drug-likeness (QED) is 0.0899. The van der Waals surface area contributed by atoms with Crippen molar-refractivity contribution in [2.75, 3.05) is 6.54 Å². The van der Waals surface area contributed by atoms with E-state index < -0.39 is 0 Å². The van der Waals surface area contributed by atoms with Gasteiger partial charge in [0.2, 0.25) is 0 Å². The number of benzene rings is 2. The molecule has 1 N–H and O–H groups in total. The Morgan fingerprint density at radius 1 is 0.595 bits per heavy atom. The summed E-state index contributed by atoms with van der Waals surface area (Å²) in [6.07, 6.45) is 25.9. The fourth-order valence-corrected chi connectivity index (χ4v) is 6.34. The van der Waals surface area contributed by atoms with Gasteiger partial charge in [0.1, 0.15) is 9.52 Å². The van der Waals surface area contributed by atoms with E-state index in [4.69, 9.17) is 5.73 Å². The molecule has 1 radical (unpaired) electrons. The third-order valence-electron chi connectivity index (χ3n) is 8.20. The largest absolute Gasteiger partial charge is 2.00 e. The molecule has 0 spiro atoms. The van der Waals surface area contributed by atoms with E-state index in [0.29, 0.717) is 12.5 Å². The van der Waals surface area contributed by atoms with Gasteiger partial charge in [0, 0.05) is 0 Å². The number of allylic oxidation sites excluding steroid dienone is 4. The van der Waals surface area contributed by atoms with Crippen molar-refractivity contribution in [2.24, 2.45) is 5.92 Å². The third kappa shape index (κ3) is 21.5. The maximum atomic E-state index is 7.08. The average molecular weight is 621 g/mol. The summed E-state index contributed by atoms with van der Waals surface area (Å²) in [4.78, 5) is 0. The van der Waals surface area contributed by atoms with Crippen LogP contribution in [-0.2, 0) is 21.7 Å². The Morgan fingerprint density at radius 3 is 1.21 bits per heavy atom.